The third kappa shape index (κ3) is 6.48. The fourth-order valence-electron chi connectivity index (χ4n) is 1.81. The molecule has 2 rings (SSSR count). The van der Waals surface area contributed by atoms with Crippen LogP contribution < -0.4 is 10.1 Å². The average molecular weight is 354 g/mol. The number of nitrogens with one attached hydrogen (secondary N) is 1. The van der Waals surface area contributed by atoms with E-state index in [4.69, 9.17) is 32.7 Å². The average Bonchev–Trinajstić information content (AvgIpc) is 2.54. The van der Waals surface area contributed by atoms with Crippen LogP contribution in [0.15, 0.2) is 48.5 Å². The summed E-state index contributed by atoms with van der Waals surface area (Å²) in [6.45, 7) is 1.26. The summed E-state index contributed by atoms with van der Waals surface area (Å²) < 4.78 is 10.8. The summed E-state index contributed by atoms with van der Waals surface area (Å²) in [5.74, 6) is 0.186. The molecular formula is C17H17Cl2NO3. The third-order valence-electron chi connectivity index (χ3n) is 2.93. The van der Waals surface area contributed by atoms with Crippen LogP contribution in [-0.2, 0) is 16.1 Å². The lowest BCUT2D eigenvalue weighted by Crippen LogP contribution is -2.31. The van der Waals surface area contributed by atoms with Crippen molar-refractivity contribution in [1.82, 2.24) is 5.32 Å². The maximum Gasteiger partial charge on any atom is 0.258 e. The summed E-state index contributed by atoms with van der Waals surface area (Å²) in [7, 11) is 0. The number of hydrogen-bond donors (Lipinski definition) is 1. The number of hydrogen-bond acceptors (Lipinski definition) is 3. The van der Waals surface area contributed by atoms with E-state index in [0.717, 1.165) is 5.56 Å². The first-order valence-electron chi connectivity index (χ1n) is 7.11. The molecule has 0 saturated carbocycles. The highest BCUT2D eigenvalue weighted by Crippen LogP contribution is 2.27. The van der Waals surface area contributed by atoms with Gasteiger partial charge in [-0.2, -0.15) is 0 Å². The Hall–Kier alpha value is -1.75. The molecule has 0 bridgehead atoms. The second-order valence-corrected chi connectivity index (χ2v) is 5.60. The van der Waals surface area contributed by atoms with Crippen LogP contribution in [-0.4, -0.2) is 25.7 Å². The predicted molar refractivity (Wildman–Crippen MR) is 91.1 cm³/mol. The smallest absolute Gasteiger partial charge is 0.258 e. The van der Waals surface area contributed by atoms with Crippen molar-refractivity contribution in [2.45, 2.75) is 6.61 Å². The molecular weight excluding hydrogens is 337 g/mol. The van der Waals surface area contributed by atoms with E-state index in [1.54, 1.807) is 18.2 Å². The van der Waals surface area contributed by atoms with Gasteiger partial charge in [-0.25, -0.2) is 0 Å². The SMILES string of the molecule is O=C(COc1ccc(Cl)cc1Cl)NCCOCc1ccccc1. The van der Waals surface area contributed by atoms with Gasteiger partial charge in [-0.3, -0.25) is 4.79 Å². The molecule has 0 aromatic heterocycles. The molecule has 2 aromatic carbocycles. The Bertz CT molecular complexity index is 635. The van der Waals surface area contributed by atoms with Crippen LogP contribution in [0.3, 0.4) is 0 Å². The molecule has 122 valence electrons. The van der Waals surface area contributed by atoms with Crippen LogP contribution in [0.2, 0.25) is 10.0 Å². The maximum absolute atomic E-state index is 11.7. The number of benzene rings is 2. The van der Waals surface area contributed by atoms with Crippen molar-refractivity contribution >= 4 is 29.1 Å². The highest BCUT2D eigenvalue weighted by atomic mass is 35.5. The summed E-state index contributed by atoms with van der Waals surface area (Å²) in [6, 6.07) is 14.7. The molecule has 0 radical (unpaired) electrons. The number of rotatable bonds is 8. The van der Waals surface area contributed by atoms with Gasteiger partial charge in [0.05, 0.1) is 18.2 Å². The molecule has 0 spiro atoms. The monoisotopic (exact) mass is 353 g/mol. The second kappa shape index (κ2) is 9.40. The summed E-state index contributed by atoms with van der Waals surface area (Å²) in [4.78, 5) is 11.7. The Morgan fingerprint density at radius 2 is 1.87 bits per heavy atom. The van der Waals surface area contributed by atoms with Gasteiger partial charge in [0.2, 0.25) is 0 Å². The lowest BCUT2D eigenvalue weighted by molar-refractivity contribution is -0.123. The van der Waals surface area contributed by atoms with Crippen molar-refractivity contribution in [2.24, 2.45) is 0 Å². The fraction of sp³-hybridized carbons (Fsp3) is 0.235. The molecule has 1 amide bonds. The summed E-state index contributed by atoms with van der Waals surface area (Å²) in [5, 5.41) is 3.60. The Balaban J connectivity index is 1.60. The van der Waals surface area contributed by atoms with Gasteiger partial charge in [0, 0.05) is 11.6 Å². The van der Waals surface area contributed by atoms with Crippen LogP contribution in [0.25, 0.3) is 0 Å². The summed E-state index contributed by atoms with van der Waals surface area (Å²) in [6.07, 6.45) is 0. The Morgan fingerprint density at radius 3 is 2.61 bits per heavy atom. The first kappa shape index (κ1) is 17.6. The zero-order valence-corrected chi connectivity index (χ0v) is 13.9. The Kier molecular flexibility index (Phi) is 7.20. The largest absolute Gasteiger partial charge is 0.482 e. The molecule has 0 atom stereocenters. The van der Waals surface area contributed by atoms with E-state index in [-0.39, 0.29) is 12.5 Å². The van der Waals surface area contributed by atoms with Crippen molar-refractivity contribution in [2.75, 3.05) is 19.8 Å². The molecule has 6 heteroatoms. The first-order valence-corrected chi connectivity index (χ1v) is 7.87. The van der Waals surface area contributed by atoms with E-state index >= 15 is 0 Å². The van der Waals surface area contributed by atoms with E-state index in [1.165, 1.54) is 0 Å². The Morgan fingerprint density at radius 1 is 1.09 bits per heavy atom. The number of carbonyl (C=O) groups is 1. The van der Waals surface area contributed by atoms with Gasteiger partial charge in [-0.05, 0) is 23.8 Å². The van der Waals surface area contributed by atoms with Crippen molar-refractivity contribution in [1.29, 1.82) is 0 Å². The molecule has 0 aliphatic rings. The van der Waals surface area contributed by atoms with Gasteiger partial charge in [0.25, 0.3) is 5.91 Å². The maximum atomic E-state index is 11.7. The third-order valence-corrected chi connectivity index (χ3v) is 3.46. The van der Waals surface area contributed by atoms with E-state index in [0.29, 0.717) is 35.6 Å². The van der Waals surface area contributed by atoms with Crippen LogP contribution in [0, 0.1) is 0 Å². The molecule has 0 aliphatic heterocycles. The summed E-state index contributed by atoms with van der Waals surface area (Å²) >= 11 is 11.7. The van der Waals surface area contributed by atoms with E-state index in [1.807, 2.05) is 30.3 Å². The van der Waals surface area contributed by atoms with Crippen LogP contribution in [0.4, 0.5) is 0 Å². The molecule has 0 aliphatic carbocycles. The fourth-order valence-corrected chi connectivity index (χ4v) is 2.28. The molecule has 4 nitrogen and oxygen atoms in total. The number of amides is 1. The lowest BCUT2D eigenvalue weighted by atomic mass is 10.2. The second-order valence-electron chi connectivity index (χ2n) is 4.75. The van der Waals surface area contributed by atoms with E-state index < -0.39 is 0 Å². The summed E-state index contributed by atoms with van der Waals surface area (Å²) in [5.41, 5.74) is 1.10. The Labute approximate surface area is 145 Å². The molecule has 0 unspecified atom stereocenters. The van der Waals surface area contributed by atoms with Gasteiger partial charge in [-0.1, -0.05) is 53.5 Å². The number of halogens is 2. The van der Waals surface area contributed by atoms with Gasteiger partial charge in [-0.15, -0.1) is 0 Å². The number of carbonyl (C=O) groups excluding carboxylic acids is 1. The van der Waals surface area contributed by atoms with Gasteiger partial charge < -0.3 is 14.8 Å². The molecule has 23 heavy (non-hydrogen) atoms. The quantitative estimate of drug-likeness (QED) is 0.736. The minimum atomic E-state index is -0.237. The molecule has 0 heterocycles. The standard InChI is InChI=1S/C17H17Cl2NO3/c18-14-6-7-16(15(19)10-14)23-12-17(21)20-8-9-22-11-13-4-2-1-3-5-13/h1-7,10H,8-9,11-12H2,(H,20,21). The van der Waals surface area contributed by atoms with Gasteiger partial charge in [0.15, 0.2) is 6.61 Å². The molecule has 2 aromatic rings. The topological polar surface area (TPSA) is 47.6 Å². The van der Waals surface area contributed by atoms with E-state index in [2.05, 4.69) is 5.32 Å². The van der Waals surface area contributed by atoms with Crippen LogP contribution >= 0.6 is 23.2 Å². The molecule has 0 fully saturated rings. The van der Waals surface area contributed by atoms with Gasteiger partial charge >= 0.3 is 0 Å². The highest BCUT2D eigenvalue weighted by molar-refractivity contribution is 6.35. The van der Waals surface area contributed by atoms with Crippen LogP contribution in [0.5, 0.6) is 5.75 Å². The van der Waals surface area contributed by atoms with Crippen molar-refractivity contribution in [3.63, 3.8) is 0 Å². The lowest BCUT2D eigenvalue weighted by Gasteiger charge is -2.09. The minimum Gasteiger partial charge on any atom is -0.482 e. The normalized spacial score (nSPS) is 10.3. The zero-order valence-electron chi connectivity index (χ0n) is 12.4. The minimum absolute atomic E-state index is 0.111. The van der Waals surface area contributed by atoms with Gasteiger partial charge in [0.1, 0.15) is 5.75 Å². The van der Waals surface area contributed by atoms with Crippen LogP contribution in [0.1, 0.15) is 5.56 Å². The zero-order chi connectivity index (χ0) is 16.5. The van der Waals surface area contributed by atoms with E-state index in [9.17, 15) is 4.79 Å². The predicted octanol–water partition coefficient (Wildman–Crippen LogP) is 3.71. The van der Waals surface area contributed by atoms with Crippen molar-refractivity contribution in [3.8, 4) is 5.75 Å². The first-order chi connectivity index (χ1) is 11.1. The molecule has 0 saturated heterocycles. The van der Waals surface area contributed by atoms with Crippen molar-refractivity contribution < 1.29 is 14.3 Å². The number of ether oxygens (including phenoxy) is 2. The molecule has 1 N–H and O–H groups in total. The van der Waals surface area contributed by atoms with Crippen molar-refractivity contribution in [3.05, 3.63) is 64.1 Å². The highest BCUT2D eigenvalue weighted by Gasteiger charge is 2.06.